The Balaban J connectivity index is 2.24. The molecular weight excluding hydrogens is 533 g/mol. The number of benzene rings is 2. The average molecular weight is 563 g/mol. The Hall–Kier alpha value is -2.00. The van der Waals surface area contributed by atoms with Crippen molar-refractivity contribution in [3.63, 3.8) is 0 Å². The summed E-state index contributed by atoms with van der Waals surface area (Å²) in [5.74, 6) is -0.632. The highest BCUT2D eigenvalue weighted by molar-refractivity contribution is 7.92. The first kappa shape index (κ1) is 29.2. The molecule has 2 aromatic carbocycles. The summed E-state index contributed by atoms with van der Waals surface area (Å²) >= 11 is 18.7. The van der Waals surface area contributed by atoms with E-state index in [0.29, 0.717) is 32.9 Å². The lowest BCUT2D eigenvalue weighted by atomic mass is 10.1. The number of hydrogen-bond donors (Lipinski definition) is 1. The minimum Gasteiger partial charge on any atom is -0.355 e. The van der Waals surface area contributed by atoms with Gasteiger partial charge in [0.1, 0.15) is 6.04 Å². The molecule has 0 aliphatic carbocycles. The third kappa shape index (κ3) is 8.00. The minimum atomic E-state index is -3.62. The summed E-state index contributed by atoms with van der Waals surface area (Å²) in [5.41, 5.74) is 1.74. The number of sulfonamides is 1. The van der Waals surface area contributed by atoms with Crippen molar-refractivity contribution in [3.8, 4) is 0 Å². The van der Waals surface area contributed by atoms with Gasteiger partial charge in [-0.25, -0.2) is 8.42 Å². The number of hydrogen-bond acceptors (Lipinski definition) is 4. The fourth-order valence-electron chi connectivity index (χ4n) is 3.59. The first-order valence-corrected chi connectivity index (χ1v) is 14.1. The van der Waals surface area contributed by atoms with Crippen LogP contribution < -0.4 is 9.62 Å². The summed E-state index contributed by atoms with van der Waals surface area (Å²) in [6.45, 7) is 5.74. The fraction of sp³-hybridized carbons (Fsp3) is 0.417. The molecule has 2 aromatic rings. The molecule has 0 unspecified atom stereocenters. The molecule has 0 radical (unpaired) electrons. The van der Waals surface area contributed by atoms with Crippen molar-refractivity contribution < 1.29 is 18.0 Å². The normalized spacial score (nSPS) is 12.2. The molecule has 0 fully saturated rings. The second-order valence-corrected chi connectivity index (χ2v) is 11.3. The van der Waals surface area contributed by atoms with E-state index >= 15 is 0 Å². The summed E-state index contributed by atoms with van der Waals surface area (Å²) in [6, 6.07) is 9.26. The summed E-state index contributed by atoms with van der Waals surface area (Å²) in [4.78, 5) is 27.2. The lowest BCUT2D eigenvalue weighted by Gasteiger charge is -2.30. The lowest BCUT2D eigenvalue weighted by molar-refractivity contribution is -0.140. The smallest absolute Gasteiger partial charge is 0.242 e. The highest BCUT2D eigenvalue weighted by atomic mass is 35.5. The van der Waals surface area contributed by atoms with Crippen LogP contribution in [0.25, 0.3) is 0 Å². The van der Waals surface area contributed by atoms with Crippen molar-refractivity contribution in [3.05, 3.63) is 62.6 Å². The van der Waals surface area contributed by atoms with Crippen molar-refractivity contribution in [2.24, 2.45) is 0 Å². The van der Waals surface area contributed by atoms with E-state index < -0.39 is 16.1 Å². The quantitative estimate of drug-likeness (QED) is 0.415. The third-order valence-corrected chi connectivity index (χ3v) is 7.62. The van der Waals surface area contributed by atoms with Gasteiger partial charge in [-0.15, -0.1) is 0 Å². The first-order chi connectivity index (χ1) is 16.4. The molecule has 0 bridgehead atoms. The Bertz CT molecular complexity index is 1150. The maximum absolute atomic E-state index is 13.3. The molecule has 0 saturated carbocycles. The maximum Gasteiger partial charge on any atom is 0.242 e. The molecule has 11 heteroatoms. The second-order valence-electron chi connectivity index (χ2n) is 8.16. The number of likely N-dealkylation sites (N-methyl/N-ethyl adjacent to an activating group) is 1. The van der Waals surface area contributed by atoms with E-state index in [0.717, 1.165) is 11.8 Å². The van der Waals surface area contributed by atoms with Crippen LogP contribution in [0.5, 0.6) is 0 Å². The van der Waals surface area contributed by atoms with Crippen LogP contribution in [0.15, 0.2) is 36.4 Å². The number of nitrogens with one attached hydrogen (secondary N) is 1. The summed E-state index contributed by atoms with van der Waals surface area (Å²) in [6.07, 6.45) is 1.35. The van der Waals surface area contributed by atoms with Gasteiger partial charge in [-0.2, -0.15) is 0 Å². The van der Waals surface area contributed by atoms with E-state index in [-0.39, 0.29) is 37.7 Å². The summed E-state index contributed by atoms with van der Waals surface area (Å²) in [7, 11) is -3.62. The fourth-order valence-corrected chi connectivity index (χ4v) is 5.29. The summed E-state index contributed by atoms with van der Waals surface area (Å²) in [5, 5.41) is 3.91. The molecule has 0 aliphatic heterocycles. The van der Waals surface area contributed by atoms with E-state index in [9.17, 15) is 18.0 Å². The van der Waals surface area contributed by atoms with Crippen molar-refractivity contribution in [1.29, 1.82) is 0 Å². The van der Waals surface area contributed by atoms with Crippen LogP contribution in [-0.4, -0.2) is 50.5 Å². The van der Waals surface area contributed by atoms with Crippen molar-refractivity contribution in [2.75, 3.05) is 23.7 Å². The number of rotatable bonds is 11. The van der Waals surface area contributed by atoms with E-state index in [1.807, 2.05) is 0 Å². The maximum atomic E-state index is 13.3. The highest BCUT2D eigenvalue weighted by Gasteiger charge is 2.28. The third-order valence-electron chi connectivity index (χ3n) is 5.50. The molecule has 35 heavy (non-hydrogen) atoms. The van der Waals surface area contributed by atoms with Crippen LogP contribution >= 0.6 is 34.8 Å². The van der Waals surface area contributed by atoms with Crippen molar-refractivity contribution >= 4 is 62.3 Å². The van der Waals surface area contributed by atoms with Gasteiger partial charge in [0.15, 0.2) is 0 Å². The van der Waals surface area contributed by atoms with Gasteiger partial charge in [-0.1, -0.05) is 46.9 Å². The Morgan fingerprint density at radius 1 is 1.09 bits per heavy atom. The van der Waals surface area contributed by atoms with Gasteiger partial charge < -0.3 is 10.2 Å². The van der Waals surface area contributed by atoms with Crippen LogP contribution in [0.3, 0.4) is 0 Å². The number of carbonyl (C=O) groups excluding carboxylic acids is 2. The zero-order chi connectivity index (χ0) is 26.3. The largest absolute Gasteiger partial charge is 0.355 e. The second kappa shape index (κ2) is 12.8. The van der Waals surface area contributed by atoms with E-state index in [4.69, 9.17) is 34.8 Å². The zero-order valence-electron chi connectivity index (χ0n) is 20.1. The van der Waals surface area contributed by atoms with Crippen LogP contribution in [0.4, 0.5) is 5.69 Å². The van der Waals surface area contributed by atoms with Crippen molar-refractivity contribution in [1.82, 2.24) is 10.2 Å². The molecule has 0 saturated heterocycles. The van der Waals surface area contributed by atoms with E-state index in [1.54, 1.807) is 57.2 Å². The predicted molar refractivity (Wildman–Crippen MR) is 143 cm³/mol. The number of carbonyl (C=O) groups is 2. The molecule has 0 aliphatic rings. The SMILES string of the molecule is CCNC(=O)[C@H](C)N(Cc1c(Cl)cccc1Cl)C(=O)CCCN(c1cc(Cl)ccc1C)S(C)(=O)=O. The highest BCUT2D eigenvalue weighted by Crippen LogP contribution is 2.28. The first-order valence-electron chi connectivity index (χ1n) is 11.1. The zero-order valence-corrected chi connectivity index (χ0v) is 23.2. The molecule has 0 heterocycles. The van der Waals surface area contributed by atoms with Gasteiger partial charge in [0.2, 0.25) is 21.8 Å². The van der Waals surface area contributed by atoms with Crippen molar-refractivity contribution in [2.45, 2.75) is 46.2 Å². The molecule has 192 valence electrons. The predicted octanol–water partition coefficient (Wildman–Crippen LogP) is 5.05. The van der Waals surface area contributed by atoms with Gasteiger partial charge in [0, 0.05) is 46.7 Å². The number of amides is 2. The lowest BCUT2D eigenvalue weighted by Crippen LogP contribution is -2.47. The molecule has 1 atom stereocenters. The number of anilines is 1. The Morgan fingerprint density at radius 2 is 1.71 bits per heavy atom. The van der Waals surface area contributed by atoms with Crippen LogP contribution in [0.1, 0.15) is 37.8 Å². The standard InChI is InChI=1S/C24H30Cl3N3O4S/c1-5-28-24(32)17(3)29(15-19-20(26)8-6-9-21(19)27)23(31)10-7-13-30(35(4,33)34)22-14-18(25)12-11-16(22)2/h6,8-9,11-12,14,17H,5,7,10,13,15H2,1-4H3,(H,28,32)/t17-/m0/s1. The van der Waals surface area contributed by atoms with Crippen LogP contribution in [0.2, 0.25) is 15.1 Å². The van der Waals surface area contributed by atoms with Gasteiger partial charge in [0.05, 0.1) is 11.9 Å². The molecule has 2 rings (SSSR count). The molecule has 0 spiro atoms. The molecular formula is C24H30Cl3N3O4S. The Labute approximate surface area is 222 Å². The van der Waals surface area contributed by atoms with Crippen LogP contribution in [-0.2, 0) is 26.2 Å². The Kier molecular flexibility index (Phi) is 10.7. The Morgan fingerprint density at radius 3 is 2.29 bits per heavy atom. The average Bonchev–Trinajstić information content (AvgIpc) is 2.77. The molecule has 2 amide bonds. The van der Waals surface area contributed by atoms with Gasteiger partial charge in [-0.3, -0.25) is 13.9 Å². The summed E-state index contributed by atoms with van der Waals surface area (Å²) < 4.78 is 26.2. The number of aryl methyl sites for hydroxylation is 1. The molecule has 0 aromatic heterocycles. The van der Waals surface area contributed by atoms with E-state index in [1.165, 1.54) is 9.21 Å². The van der Waals surface area contributed by atoms with Gasteiger partial charge in [0.25, 0.3) is 0 Å². The van der Waals surface area contributed by atoms with Gasteiger partial charge >= 0.3 is 0 Å². The molecule has 1 N–H and O–H groups in total. The minimum absolute atomic E-state index is 0.0114. The number of halogens is 3. The van der Waals surface area contributed by atoms with E-state index in [2.05, 4.69) is 5.32 Å². The van der Waals surface area contributed by atoms with Crippen LogP contribution in [0, 0.1) is 6.92 Å². The van der Waals surface area contributed by atoms with Gasteiger partial charge in [-0.05, 0) is 57.0 Å². The monoisotopic (exact) mass is 561 g/mol. The molecule has 7 nitrogen and oxygen atoms in total. The topological polar surface area (TPSA) is 86.8 Å². The number of nitrogens with zero attached hydrogens (tertiary/aromatic N) is 2.